The number of hydrogen-bond donors (Lipinski definition) is 0. The molecule has 2 bridgehead atoms. The first-order valence-corrected chi connectivity index (χ1v) is 9.00. The van der Waals surface area contributed by atoms with Gasteiger partial charge in [0.25, 0.3) is 0 Å². The van der Waals surface area contributed by atoms with Gasteiger partial charge in [-0.1, -0.05) is 24.3 Å². The monoisotopic (exact) mass is 330 g/mol. The van der Waals surface area contributed by atoms with Crippen molar-refractivity contribution in [1.82, 2.24) is 0 Å². The van der Waals surface area contributed by atoms with Gasteiger partial charge in [-0.25, -0.2) is 4.79 Å². The van der Waals surface area contributed by atoms with Crippen molar-refractivity contribution in [2.24, 2.45) is 17.8 Å². The van der Waals surface area contributed by atoms with Crippen LogP contribution >= 0.6 is 22.7 Å². The van der Waals surface area contributed by atoms with E-state index in [2.05, 4.69) is 12.2 Å². The second-order valence-corrected chi connectivity index (χ2v) is 7.56. The van der Waals surface area contributed by atoms with Crippen molar-refractivity contribution in [3.63, 3.8) is 0 Å². The van der Waals surface area contributed by atoms with Crippen molar-refractivity contribution in [2.45, 2.75) is 12.5 Å². The average molecular weight is 330 g/mol. The topological polar surface area (TPSA) is 43.4 Å². The van der Waals surface area contributed by atoms with Crippen molar-refractivity contribution >= 4 is 34.4 Å². The molecule has 1 saturated carbocycles. The number of fused-ring (bicyclic) bond motifs is 2. The number of ketones is 1. The van der Waals surface area contributed by atoms with Gasteiger partial charge in [0.1, 0.15) is 11.0 Å². The van der Waals surface area contributed by atoms with Crippen LogP contribution in [0.25, 0.3) is 0 Å². The molecule has 0 aliphatic heterocycles. The molecule has 0 aromatic carbocycles. The van der Waals surface area contributed by atoms with Crippen molar-refractivity contribution < 1.29 is 14.3 Å². The van der Waals surface area contributed by atoms with E-state index in [4.69, 9.17) is 4.74 Å². The predicted molar refractivity (Wildman–Crippen MR) is 86.4 cm³/mol. The maximum Gasteiger partial charge on any atom is 0.348 e. The van der Waals surface area contributed by atoms with Gasteiger partial charge in [0.2, 0.25) is 0 Å². The fourth-order valence-corrected chi connectivity index (χ4v) is 4.76. The first kappa shape index (κ1) is 13.9. The number of ether oxygens (including phenoxy) is 1. The Balaban J connectivity index is 1.58. The van der Waals surface area contributed by atoms with Crippen LogP contribution in [-0.2, 0) is 4.74 Å². The quantitative estimate of drug-likeness (QED) is 0.483. The van der Waals surface area contributed by atoms with Gasteiger partial charge in [-0.3, -0.25) is 4.79 Å². The van der Waals surface area contributed by atoms with E-state index in [1.807, 2.05) is 29.0 Å². The summed E-state index contributed by atoms with van der Waals surface area (Å²) in [6.45, 7) is 0. The van der Waals surface area contributed by atoms with E-state index in [9.17, 15) is 9.59 Å². The molecule has 2 aromatic heterocycles. The first-order valence-electron chi connectivity index (χ1n) is 7.24. The second kappa shape index (κ2) is 5.48. The molecule has 2 aromatic rings. The lowest BCUT2D eigenvalue weighted by atomic mass is 9.86. The summed E-state index contributed by atoms with van der Waals surface area (Å²) in [5.74, 6) is -0.0816. The standard InChI is InChI=1S/C17H14O3S2/c18-15(12-3-1-7-21-12)14-10-5-6-11(9-10)16(14)20-17(19)13-4-2-8-22-13/h1-8,10-11,14,16H,9H2/t10-,11+,14+,16-/m0/s1. The number of rotatable bonds is 4. The molecule has 0 spiro atoms. The highest BCUT2D eigenvalue weighted by Crippen LogP contribution is 2.47. The lowest BCUT2D eigenvalue weighted by Gasteiger charge is -2.26. The molecular formula is C17H14O3S2. The molecule has 5 heteroatoms. The number of thiophene rings is 2. The zero-order valence-corrected chi connectivity index (χ0v) is 13.3. The number of carbonyl (C=O) groups excluding carboxylic acids is 2. The van der Waals surface area contributed by atoms with Crippen molar-refractivity contribution in [3.8, 4) is 0 Å². The molecule has 0 radical (unpaired) electrons. The number of esters is 1. The maximum atomic E-state index is 12.8. The highest BCUT2D eigenvalue weighted by Gasteiger charge is 2.50. The molecule has 2 heterocycles. The summed E-state index contributed by atoms with van der Waals surface area (Å²) < 4.78 is 5.73. The minimum absolute atomic E-state index is 0.107. The predicted octanol–water partition coefficient (Wildman–Crippen LogP) is 4.04. The number of allylic oxidation sites excluding steroid dienone is 1. The summed E-state index contributed by atoms with van der Waals surface area (Å²) in [6.07, 6.45) is 4.77. The van der Waals surface area contributed by atoms with Crippen LogP contribution in [-0.4, -0.2) is 17.9 Å². The maximum absolute atomic E-state index is 12.8. The van der Waals surface area contributed by atoms with Gasteiger partial charge in [0, 0.05) is 5.92 Å². The lowest BCUT2D eigenvalue weighted by molar-refractivity contribution is 0.0120. The van der Waals surface area contributed by atoms with E-state index in [1.54, 1.807) is 6.07 Å². The highest BCUT2D eigenvalue weighted by atomic mass is 32.1. The third-order valence-corrected chi connectivity index (χ3v) is 6.15. The summed E-state index contributed by atoms with van der Waals surface area (Å²) in [6, 6.07) is 7.32. The average Bonchev–Trinajstić information content (AvgIpc) is 3.29. The molecule has 2 aliphatic rings. The van der Waals surface area contributed by atoms with Crippen LogP contribution in [0.2, 0.25) is 0 Å². The molecule has 22 heavy (non-hydrogen) atoms. The Morgan fingerprint density at radius 1 is 1.00 bits per heavy atom. The van der Waals surface area contributed by atoms with Gasteiger partial charge in [-0.2, -0.15) is 0 Å². The van der Waals surface area contributed by atoms with Crippen LogP contribution in [0, 0.1) is 17.8 Å². The SMILES string of the molecule is O=C(O[C@@H]1[C@@H](C(=O)c2cccs2)[C@H]2C=C[C@@H]1C2)c1cccs1. The van der Waals surface area contributed by atoms with Crippen LogP contribution in [0.1, 0.15) is 25.8 Å². The van der Waals surface area contributed by atoms with Crippen LogP contribution < -0.4 is 0 Å². The van der Waals surface area contributed by atoms with E-state index in [0.717, 1.165) is 11.3 Å². The normalized spacial score (nSPS) is 28.9. The third kappa shape index (κ3) is 2.25. The second-order valence-electron chi connectivity index (χ2n) is 5.66. The minimum Gasteiger partial charge on any atom is -0.457 e. The Morgan fingerprint density at radius 2 is 1.68 bits per heavy atom. The smallest absolute Gasteiger partial charge is 0.348 e. The van der Waals surface area contributed by atoms with Crippen molar-refractivity contribution in [3.05, 3.63) is 56.9 Å². The van der Waals surface area contributed by atoms with E-state index in [1.165, 1.54) is 22.7 Å². The fraction of sp³-hybridized carbons (Fsp3) is 0.294. The molecule has 2 aliphatic carbocycles. The molecule has 0 saturated heterocycles. The van der Waals surface area contributed by atoms with Gasteiger partial charge < -0.3 is 4.74 Å². The van der Waals surface area contributed by atoms with Crippen molar-refractivity contribution in [1.29, 1.82) is 0 Å². The molecule has 1 fully saturated rings. The number of Topliss-reactive ketones (excluding diaryl/α,β-unsaturated/α-hetero) is 1. The van der Waals surface area contributed by atoms with E-state index in [-0.39, 0.29) is 35.6 Å². The zero-order chi connectivity index (χ0) is 15.1. The summed E-state index contributed by atoms with van der Waals surface area (Å²) >= 11 is 2.82. The number of hydrogen-bond acceptors (Lipinski definition) is 5. The fourth-order valence-electron chi connectivity index (χ4n) is 3.44. The van der Waals surface area contributed by atoms with E-state index in [0.29, 0.717) is 4.88 Å². The molecule has 4 rings (SSSR count). The van der Waals surface area contributed by atoms with Gasteiger partial charge >= 0.3 is 5.97 Å². The Kier molecular flexibility index (Phi) is 3.47. The number of carbonyl (C=O) groups is 2. The summed E-state index contributed by atoms with van der Waals surface area (Å²) in [5.41, 5.74) is 0. The van der Waals surface area contributed by atoms with Gasteiger partial charge in [-0.05, 0) is 35.2 Å². The third-order valence-electron chi connectivity index (χ3n) is 4.42. The Hall–Kier alpha value is -1.72. The molecule has 0 amide bonds. The highest BCUT2D eigenvalue weighted by molar-refractivity contribution is 7.12. The van der Waals surface area contributed by atoms with Crippen LogP contribution in [0.4, 0.5) is 0 Å². The molecule has 3 nitrogen and oxygen atoms in total. The molecule has 0 N–H and O–H groups in total. The first-order chi connectivity index (χ1) is 10.7. The Morgan fingerprint density at radius 3 is 2.36 bits per heavy atom. The summed E-state index contributed by atoms with van der Waals surface area (Å²) in [5, 5.41) is 3.76. The van der Waals surface area contributed by atoms with Crippen LogP contribution in [0.3, 0.4) is 0 Å². The van der Waals surface area contributed by atoms with Gasteiger partial charge in [0.05, 0.1) is 10.8 Å². The zero-order valence-electron chi connectivity index (χ0n) is 11.7. The Labute approximate surface area is 136 Å². The molecule has 112 valence electrons. The minimum atomic E-state index is -0.334. The molecule has 0 unspecified atom stereocenters. The van der Waals surface area contributed by atoms with Gasteiger partial charge in [-0.15, -0.1) is 22.7 Å². The van der Waals surface area contributed by atoms with Crippen LogP contribution in [0.15, 0.2) is 47.2 Å². The summed E-state index contributed by atoms with van der Waals surface area (Å²) in [4.78, 5) is 26.4. The lowest BCUT2D eigenvalue weighted by Crippen LogP contribution is -2.35. The molecule has 4 atom stereocenters. The largest absolute Gasteiger partial charge is 0.457 e. The molecular weight excluding hydrogens is 316 g/mol. The van der Waals surface area contributed by atoms with Crippen LogP contribution in [0.5, 0.6) is 0 Å². The van der Waals surface area contributed by atoms with Gasteiger partial charge in [0.15, 0.2) is 5.78 Å². The van der Waals surface area contributed by atoms with E-state index < -0.39 is 0 Å². The summed E-state index contributed by atoms with van der Waals surface area (Å²) in [7, 11) is 0. The Bertz CT molecular complexity index is 715. The van der Waals surface area contributed by atoms with E-state index >= 15 is 0 Å². The van der Waals surface area contributed by atoms with Crippen molar-refractivity contribution in [2.75, 3.05) is 0 Å².